The van der Waals surface area contributed by atoms with Gasteiger partial charge in [-0.05, 0) is 36.4 Å². The third-order valence-corrected chi connectivity index (χ3v) is 3.71. The third-order valence-electron chi connectivity index (χ3n) is 3.22. The maximum absolute atomic E-state index is 12.2. The van der Waals surface area contributed by atoms with Gasteiger partial charge in [-0.15, -0.1) is 0 Å². The zero-order valence-corrected chi connectivity index (χ0v) is 14.7. The molecule has 0 saturated carbocycles. The van der Waals surface area contributed by atoms with Crippen molar-refractivity contribution in [3.63, 3.8) is 0 Å². The van der Waals surface area contributed by atoms with Gasteiger partial charge in [0.1, 0.15) is 12.4 Å². The molecule has 0 fully saturated rings. The van der Waals surface area contributed by atoms with Gasteiger partial charge in [0.2, 0.25) is 0 Å². The fourth-order valence-corrected chi connectivity index (χ4v) is 2.46. The van der Waals surface area contributed by atoms with Crippen molar-refractivity contribution in [2.75, 3.05) is 21.3 Å². The van der Waals surface area contributed by atoms with E-state index in [0.717, 1.165) is 10.0 Å². The maximum Gasteiger partial charge on any atom is 0.338 e. The minimum atomic E-state index is -0.451. The second-order valence-electron chi connectivity index (χ2n) is 4.60. The molecule has 6 heteroatoms. The van der Waals surface area contributed by atoms with Crippen molar-refractivity contribution in [3.05, 3.63) is 52.0 Å². The molecule has 0 amide bonds. The molecule has 0 N–H and O–H groups in total. The first-order valence-corrected chi connectivity index (χ1v) is 7.60. The molecule has 0 radical (unpaired) electrons. The lowest BCUT2D eigenvalue weighted by atomic mass is 10.2. The Balaban J connectivity index is 2.12. The van der Waals surface area contributed by atoms with Crippen LogP contribution in [-0.2, 0) is 11.3 Å². The first kappa shape index (κ1) is 17.1. The van der Waals surface area contributed by atoms with Crippen LogP contribution in [0.5, 0.6) is 17.2 Å². The smallest absolute Gasteiger partial charge is 0.338 e. The molecular weight excluding hydrogens is 364 g/mol. The lowest BCUT2D eigenvalue weighted by molar-refractivity contribution is 0.0469. The number of hydrogen-bond acceptors (Lipinski definition) is 5. The quantitative estimate of drug-likeness (QED) is 0.712. The maximum atomic E-state index is 12.2. The highest BCUT2D eigenvalue weighted by Gasteiger charge is 2.13. The number of ether oxygens (including phenoxy) is 4. The van der Waals surface area contributed by atoms with Gasteiger partial charge in [-0.1, -0.05) is 15.9 Å². The molecule has 23 heavy (non-hydrogen) atoms. The lowest BCUT2D eigenvalue weighted by Crippen LogP contribution is -2.06. The summed E-state index contributed by atoms with van der Waals surface area (Å²) in [6.07, 6.45) is 0. The lowest BCUT2D eigenvalue weighted by Gasteiger charge is -2.11. The molecular formula is C17H17BrO5. The Hall–Kier alpha value is -2.21. The van der Waals surface area contributed by atoms with Gasteiger partial charge in [0.25, 0.3) is 0 Å². The van der Waals surface area contributed by atoms with E-state index in [-0.39, 0.29) is 6.61 Å². The summed E-state index contributed by atoms with van der Waals surface area (Å²) >= 11 is 3.39. The van der Waals surface area contributed by atoms with Gasteiger partial charge in [0, 0.05) is 10.0 Å². The van der Waals surface area contributed by atoms with E-state index in [1.165, 1.54) is 14.2 Å². The van der Waals surface area contributed by atoms with Crippen molar-refractivity contribution < 1.29 is 23.7 Å². The largest absolute Gasteiger partial charge is 0.496 e. The van der Waals surface area contributed by atoms with E-state index in [2.05, 4.69) is 15.9 Å². The van der Waals surface area contributed by atoms with Crippen LogP contribution < -0.4 is 14.2 Å². The van der Waals surface area contributed by atoms with Crippen LogP contribution in [0.2, 0.25) is 0 Å². The molecule has 0 unspecified atom stereocenters. The number of carbonyl (C=O) groups excluding carboxylic acids is 1. The number of esters is 1. The predicted octanol–water partition coefficient (Wildman–Crippen LogP) is 3.83. The second-order valence-corrected chi connectivity index (χ2v) is 5.52. The number of rotatable bonds is 6. The molecule has 0 atom stereocenters. The predicted molar refractivity (Wildman–Crippen MR) is 89.4 cm³/mol. The van der Waals surface area contributed by atoms with E-state index < -0.39 is 5.97 Å². The summed E-state index contributed by atoms with van der Waals surface area (Å²) in [6, 6.07) is 10.4. The molecule has 0 bridgehead atoms. The molecule has 0 aromatic heterocycles. The van der Waals surface area contributed by atoms with Gasteiger partial charge in [-0.2, -0.15) is 0 Å². The molecule has 0 aliphatic rings. The average Bonchev–Trinajstić information content (AvgIpc) is 2.59. The van der Waals surface area contributed by atoms with Crippen molar-refractivity contribution in [2.24, 2.45) is 0 Å². The summed E-state index contributed by atoms with van der Waals surface area (Å²) < 4.78 is 21.8. The number of methoxy groups -OCH3 is 3. The molecule has 2 aromatic rings. The normalized spacial score (nSPS) is 10.1. The molecule has 2 rings (SSSR count). The zero-order valence-electron chi connectivity index (χ0n) is 13.1. The second kappa shape index (κ2) is 7.87. The standard InChI is InChI=1S/C17H17BrO5/c1-20-14-7-5-13(18)8-12(14)10-23-17(19)11-4-6-15(21-2)16(9-11)22-3/h4-9H,10H2,1-3H3. The first-order valence-electron chi connectivity index (χ1n) is 6.80. The van der Waals surface area contributed by atoms with E-state index in [9.17, 15) is 4.79 Å². The average molecular weight is 381 g/mol. The monoisotopic (exact) mass is 380 g/mol. The van der Waals surface area contributed by atoms with Crippen LogP contribution in [0.3, 0.4) is 0 Å². The van der Waals surface area contributed by atoms with Gasteiger partial charge in [-0.25, -0.2) is 4.79 Å². The summed E-state index contributed by atoms with van der Waals surface area (Å²) in [7, 11) is 4.62. The Labute approximate surface area is 143 Å². The number of benzene rings is 2. The fraction of sp³-hybridized carbons (Fsp3) is 0.235. The Bertz CT molecular complexity index is 699. The van der Waals surface area contributed by atoms with Gasteiger partial charge >= 0.3 is 5.97 Å². The SMILES string of the molecule is COc1ccc(Br)cc1COC(=O)c1ccc(OC)c(OC)c1. The molecule has 0 spiro atoms. The van der Waals surface area contributed by atoms with E-state index in [1.807, 2.05) is 18.2 Å². The van der Waals surface area contributed by atoms with Gasteiger partial charge in [-0.3, -0.25) is 0 Å². The van der Waals surface area contributed by atoms with Crippen molar-refractivity contribution in [3.8, 4) is 17.2 Å². The topological polar surface area (TPSA) is 54.0 Å². The van der Waals surface area contributed by atoms with Crippen molar-refractivity contribution in [1.82, 2.24) is 0 Å². The Kier molecular flexibility index (Phi) is 5.87. The van der Waals surface area contributed by atoms with Crippen molar-refractivity contribution in [2.45, 2.75) is 6.61 Å². The van der Waals surface area contributed by atoms with E-state index in [1.54, 1.807) is 25.3 Å². The van der Waals surface area contributed by atoms with Crippen LogP contribution in [0.1, 0.15) is 15.9 Å². The van der Waals surface area contributed by atoms with E-state index >= 15 is 0 Å². The molecule has 122 valence electrons. The zero-order chi connectivity index (χ0) is 16.8. The fourth-order valence-electron chi connectivity index (χ4n) is 2.05. The van der Waals surface area contributed by atoms with Crippen LogP contribution in [0.4, 0.5) is 0 Å². The Morgan fingerprint density at radius 2 is 1.57 bits per heavy atom. The summed E-state index contributed by atoms with van der Waals surface area (Å²) in [6.45, 7) is 0.107. The Morgan fingerprint density at radius 3 is 2.22 bits per heavy atom. The van der Waals surface area contributed by atoms with Crippen LogP contribution in [0, 0.1) is 0 Å². The van der Waals surface area contributed by atoms with Gasteiger partial charge < -0.3 is 18.9 Å². The summed E-state index contributed by atoms with van der Waals surface area (Å²) in [5.74, 6) is 1.24. The molecule has 0 saturated heterocycles. The molecule has 2 aromatic carbocycles. The van der Waals surface area contributed by atoms with E-state index in [4.69, 9.17) is 18.9 Å². The van der Waals surface area contributed by atoms with Crippen LogP contribution in [0.25, 0.3) is 0 Å². The van der Waals surface area contributed by atoms with Crippen LogP contribution in [-0.4, -0.2) is 27.3 Å². The summed E-state index contributed by atoms with van der Waals surface area (Å²) in [5.41, 5.74) is 1.16. The molecule has 5 nitrogen and oxygen atoms in total. The molecule has 0 aliphatic heterocycles. The number of hydrogen-bond donors (Lipinski definition) is 0. The Morgan fingerprint density at radius 1 is 0.913 bits per heavy atom. The van der Waals surface area contributed by atoms with Crippen LogP contribution in [0.15, 0.2) is 40.9 Å². The summed E-state index contributed by atoms with van der Waals surface area (Å²) in [4.78, 5) is 12.2. The number of carbonyl (C=O) groups is 1. The highest BCUT2D eigenvalue weighted by molar-refractivity contribution is 9.10. The third kappa shape index (κ3) is 4.16. The van der Waals surface area contributed by atoms with Crippen molar-refractivity contribution in [1.29, 1.82) is 0 Å². The van der Waals surface area contributed by atoms with Gasteiger partial charge in [0.05, 0.1) is 26.9 Å². The summed E-state index contributed by atoms with van der Waals surface area (Å²) in [5, 5.41) is 0. The highest BCUT2D eigenvalue weighted by atomic mass is 79.9. The first-order chi connectivity index (χ1) is 11.1. The highest BCUT2D eigenvalue weighted by Crippen LogP contribution is 2.28. The van der Waals surface area contributed by atoms with E-state index in [0.29, 0.717) is 22.8 Å². The van der Waals surface area contributed by atoms with Crippen molar-refractivity contribution >= 4 is 21.9 Å². The minimum Gasteiger partial charge on any atom is -0.496 e. The minimum absolute atomic E-state index is 0.107. The molecule has 0 aliphatic carbocycles. The molecule has 0 heterocycles. The van der Waals surface area contributed by atoms with Gasteiger partial charge in [0.15, 0.2) is 11.5 Å². The van der Waals surface area contributed by atoms with Crippen LogP contribution >= 0.6 is 15.9 Å². The number of halogens is 1.